The second kappa shape index (κ2) is 6.18. The SMILES string of the molecule is CC1(C)c2ccccc2-c2cc3c(cc21)NC1=Cc2c(c4ccccc4c4ccccc24)CC13. The molecule has 5 aromatic rings. The Morgan fingerprint density at radius 1 is 0.706 bits per heavy atom. The van der Waals surface area contributed by atoms with E-state index in [9.17, 15) is 0 Å². The van der Waals surface area contributed by atoms with Gasteiger partial charge in [-0.25, -0.2) is 0 Å². The molecule has 0 saturated carbocycles. The van der Waals surface area contributed by atoms with Crippen molar-refractivity contribution in [3.8, 4) is 11.1 Å². The van der Waals surface area contributed by atoms with E-state index >= 15 is 0 Å². The van der Waals surface area contributed by atoms with Crippen LogP contribution < -0.4 is 5.32 Å². The average molecular weight is 436 g/mol. The number of benzene rings is 5. The van der Waals surface area contributed by atoms with Crippen LogP contribution in [0.1, 0.15) is 47.6 Å². The lowest BCUT2D eigenvalue weighted by molar-refractivity contribution is 0.660. The van der Waals surface area contributed by atoms with E-state index in [1.807, 2.05) is 0 Å². The van der Waals surface area contributed by atoms with Crippen molar-refractivity contribution in [2.24, 2.45) is 0 Å². The third kappa shape index (κ3) is 2.20. The van der Waals surface area contributed by atoms with Gasteiger partial charge in [0.15, 0.2) is 0 Å². The van der Waals surface area contributed by atoms with Gasteiger partial charge in [0.05, 0.1) is 0 Å². The van der Waals surface area contributed by atoms with Crippen LogP contribution in [-0.4, -0.2) is 0 Å². The molecule has 0 spiro atoms. The molecule has 1 nitrogen and oxygen atoms in total. The van der Waals surface area contributed by atoms with E-state index in [1.54, 1.807) is 0 Å². The first kappa shape index (κ1) is 18.6. The number of fused-ring (bicyclic) bond motifs is 12. The molecule has 34 heavy (non-hydrogen) atoms. The number of hydrogen-bond donors (Lipinski definition) is 1. The Kier molecular flexibility index (Phi) is 3.38. The molecule has 0 fully saturated rings. The normalized spacial score (nSPS) is 18.5. The maximum atomic E-state index is 3.85. The van der Waals surface area contributed by atoms with Crippen LogP contribution in [0.15, 0.2) is 90.6 Å². The van der Waals surface area contributed by atoms with Gasteiger partial charge in [-0.1, -0.05) is 86.6 Å². The number of allylic oxidation sites excluding steroid dienone is 1. The van der Waals surface area contributed by atoms with Gasteiger partial charge >= 0.3 is 0 Å². The molecule has 1 unspecified atom stereocenters. The fourth-order valence-corrected chi connectivity index (χ4v) is 6.91. The van der Waals surface area contributed by atoms with Crippen LogP contribution in [0.4, 0.5) is 5.69 Å². The summed E-state index contributed by atoms with van der Waals surface area (Å²) in [5, 5.41) is 9.31. The van der Waals surface area contributed by atoms with Gasteiger partial charge in [-0.2, -0.15) is 0 Å². The van der Waals surface area contributed by atoms with Crippen molar-refractivity contribution in [2.45, 2.75) is 31.6 Å². The van der Waals surface area contributed by atoms with Gasteiger partial charge in [0.1, 0.15) is 0 Å². The Bertz CT molecular complexity index is 1730. The highest BCUT2D eigenvalue weighted by atomic mass is 14.9. The standard InChI is InChI=1S/C33H25N/c1-33(2)29-14-8-7-13-23(29)26-16-28-27-15-24-21-11-5-3-9-19(21)20-10-4-6-12-22(20)25(24)17-31(27)34-32(28)18-30(26)33/h3-14,16-18,27,34H,15H2,1-2H3. The lowest BCUT2D eigenvalue weighted by Gasteiger charge is -2.24. The highest BCUT2D eigenvalue weighted by molar-refractivity contribution is 6.13. The maximum absolute atomic E-state index is 3.85. The van der Waals surface area contributed by atoms with Crippen molar-refractivity contribution in [3.63, 3.8) is 0 Å². The molecule has 1 atom stereocenters. The van der Waals surface area contributed by atoms with Crippen LogP contribution in [0.3, 0.4) is 0 Å². The Morgan fingerprint density at radius 3 is 2.21 bits per heavy atom. The van der Waals surface area contributed by atoms with Gasteiger partial charge in [0.25, 0.3) is 0 Å². The molecule has 0 radical (unpaired) electrons. The summed E-state index contributed by atoms with van der Waals surface area (Å²) < 4.78 is 0. The predicted molar refractivity (Wildman–Crippen MR) is 144 cm³/mol. The average Bonchev–Trinajstić information content (AvgIpc) is 3.34. The summed E-state index contributed by atoms with van der Waals surface area (Å²) in [7, 11) is 0. The minimum absolute atomic E-state index is 0.0279. The molecule has 5 aromatic carbocycles. The van der Waals surface area contributed by atoms with Gasteiger partial charge < -0.3 is 5.32 Å². The van der Waals surface area contributed by atoms with E-state index in [-0.39, 0.29) is 5.41 Å². The number of nitrogens with one attached hydrogen (secondary N) is 1. The topological polar surface area (TPSA) is 12.0 Å². The van der Waals surface area contributed by atoms with Gasteiger partial charge in [-0.15, -0.1) is 0 Å². The van der Waals surface area contributed by atoms with E-state index in [0.29, 0.717) is 5.92 Å². The molecule has 0 saturated heterocycles. The molecule has 0 bridgehead atoms. The number of rotatable bonds is 0. The molecule has 8 rings (SSSR count). The molecule has 1 aliphatic heterocycles. The first-order valence-corrected chi connectivity index (χ1v) is 12.3. The molecule has 0 aromatic heterocycles. The second-order valence-corrected chi connectivity index (χ2v) is 10.6. The smallest absolute Gasteiger partial charge is 0.0425 e. The Labute approximate surface area is 199 Å². The van der Waals surface area contributed by atoms with E-state index in [1.165, 1.54) is 71.9 Å². The molecule has 1 N–H and O–H groups in total. The zero-order valence-corrected chi connectivity index (χ0v) is 19.4. The van der Waals surface area contributed by atoms with Crippen LogP contribution in [0, 0.1) is 0 Å². The Hall–Kier alpha value is -3.84. The molecular formula is C33H25N. The molecule has 162 valence electrons. The van der Waals surface area contributed by atoms with Gasteiger partial charge in [-0.05, 0) is 85.1 Å². The first-order valence-electron chi connectivity index (χ1n) is 12.3. The highest BCUT2D eigenvalue weighted by Gasteiger charge is 2.39. The summed E-state index contributed by atoms with van der Waals surface area (Å²) in [6, 6.07) is 31.7. The van der Waals surface area contributed by atoms with Gasteiger partial charge in [-0.3, -0.25) is 0 Å². The summed E-state index contributed by atoms with van der Waals surface area (Å²) >= 11 is 0. The summed E-state index contributed by atoms with van der Waals surface area (Å²) in [6.07, 6.45) is 3.47. The molecule has 1 heterocycles. The third-order valence-corrected chi connectivity index (χ3v) is 8.58. The maximum Gasteiger partial charge on any atom is 0.0425 e. The molecule has 2 aliphatic carbocycles. The zero-order valence-electron chi connectivity index (χ0n) is 19.4. The summed E-state index contributed by atoms with van der Waals surface area (Å²) in [5.41, 5.74) is 12.7. The van der Waals surface area contributed by atoms with Crippen LogP contribution in [-0.2, 0) is 11.8 Å². The molecule has 3 aliphatic rings. The Balaban J connectivity index is 1.36. The monoisotopic (exact) mass is 435 g/mol. The van der Waals surface area contributed by atoms with Crippen LogP contribution in [0.5, 0.6) is 0 Å². The van der Waals surface area contributed by atoms with Crippen molar-refractivity contribution in [1.82, 2.24) is 0 Å². The lowest BCUT2D eigenvalue weighted by Crippen LogP contribution is -2.15. The molecular weight excluding hydrogens is 410 g/mol. The van der Waals surface area contributed by atoms with Gasteiger partial charge in [0, 0.05) is 22.7 Å². The minimum atomic E-state index is 0.0279. The Morgan fingerprint density at radius 2 is 1.38 bits per heavy atom. The van der Waals surface area contributed by atoms with Crippen LogP contribution in [0.2, 0.25) is 0 Å². The second-order valence-electron chi connectivity index (χ2n) is 10.6. The fourth-order valence-electron chi connectivity index (χ4n) is 6.91. The van der Waals surface area contributed by atoms with E-state index in [4.69, 9.17) is 0 Å². The van der Waals surface area contributed by atoms with Crippen molar-refractivity contribution in [3.05, 3.63) is 118 Å². The first-order chi connectivity index (χ1) is 16.6. The highest BCUT2D eigenvalue weighted by Crippen LogP contribution is 2.54. The fraction of sp³-hybridized carbons (Fsp3) is 0.152. The van der Waals surface area contributed by atoms with E-state index in [0.717, 1.165) is 6.42 Å². The minimum Gasteiger partial charge on any atom is -0.358 e. The van der Waals surface area contributed by atoms with Crippen molar-refractivity contribution < 1.29 is 0 Å². The largest absolute Gasteiger partial charge is 0.358 e. The van der Waals surface area contributed by atoms with Crippen LogP contribution >= 0.6 is 0 Å². The number of hydrogen-bond acceptors (Lipinski definition) is 1. The zero-order chi connectivity index (χ0) is 22.6. The predicted octanol–water partition coefficient (Wildman–Crippen LogP) is 8.41. The van der Waals surface area contributed by atoms with Crippen LogP contribution in [0.25, 0.3) is 38.7 Å². The summed E-state index contributed by atoms with van der Waals surface area (Å²) in [5.74, 6) is 0.383. The van der Waals surface area contributed by atoms with Crippen molar-refractivity contribution in [1.29, 1.82) is 0 Å². The van der Waals surface area contributed by atoms with Crippen molar-refractivity contribution >= 4 is 33.3 Å². The molecule has 0 amide bonds. The lowest BCUT2D eigenvalue weighted by atomic mass is 9.79. The van der Waals surface area contributed by atoms with Gasteiger partial charge in [0.2, 0.25) is 0 Å². The third-order valence-electron chi connectivity index (χ3n) is 8.58. The van der Waals surface area contributed by atoms with Crippen molar-refractivity contribution in [2.75, 3.05) is 5.32 Å². The summed E-state index contributed by atoms with van der Waals surface area (Å²) in [4.78, 5) is 0. The summed E-state index contributed by atoms with van der Waals surface area (Å²) in [6.45, 7) is 4.72. The quantitative estimate of drug-likeness (QED) is 0.241. The number of anilines is 1. The van der Waals surface area contributed by atoms with E-state index < -0.39 is 0 Å². The molecule has 1 heteroatoms. The van der Waals surface area contributed by atoms with E-state index in [2.05, 4.69) is 110 Å².